The second kappa shape index (κ2) is 3.39. The van der Waals surface area contributed by atoms with Crippen LogP contribution in [-0.2, 0) is 4.79 Å². The molecular formula is C6H2Cl3NO. The fourth-order valence-electron chi connectivity index (χ4n) is 0.583. The SMILES string of the molecule is O=C1C=C(Cl)C(=NCl)C=C1Cl. The third-order valence-electron chi connectivity index (χ3n) is 1.09. The van der Waals surface area contributed by atoms with Gasteiger partial charge in [0.1, 0.15) is 0 Å². The number of nitrogens with zero attached hydrogens (tertiary/aromatic N) is 1. The zero-order valence-corrected chi connectivity index (χ0v) is 7.41. The number of carbonyl (C=O) groups is 1. The molecule has 0 saturated carbocycles. The van der Waals surface area contributed by atoms with Crippen molar-refractivity contribution in [2.75, 3.05) is 0 Å². The molecular weight excluding hydrogens is 208 g/mol. The monoisotopic (exact) mass is 209 g/mol. The topological polar surface area (TPSA) is 29.4 Å². The van der Waals surface area contributed by atoms with Gasteiger partial charge in [-0.3, -0.25) is 4.79 Å². The Hall–Kier alpha value is -0.310. The van der Waals surface area contributed by atoms with E-state index in [-0.39, 0.29) is 15.8 Å². The molecule has 0 aliphatic heterocycles. The molecule has 0 bridgehead atoms. The van der Waals surface area contributed by atoms with E-state index in [0.717, 1.165) is 0 Å². The highest BCUT2D eigenvalue weighted by atomic mass is 35.5. The zero-order chi connectivity index (χ0) is 8.43. The molecule has 0 heterocycles. The molecule has 0 N–H and O–H groups in total. The van der Waals surface area contributed by atoms with E-state index in [1.165, 1.54) is 12.2 Å². The van der Waals surface area contributed by atoms with Gasteiger partial charge in [0.15, 0.2) is 5.78 Å². The number of hydrogen-bond donors (Lipinski definition) is 0. The number of allylic oxidation sites excluding steroid dienone is 4. The summed E-state index contributed by atoms with van der Waals surface area (Å²) in [7, 11) is 0. The Morgan fingerprint density at radius 2 is 1.82 bits per heavy atom. The van der Waals surface area contributed by atoms with E-state index in [0.29, 0.717) is 5.71 Å². The summed E-state index contributed by atoms with van der Waals surface area (Å²) in [6.07, 6.45) is 2.49. The van der Waals surface area contributed by atoms with Crippen LogP contribution in [-0.4, -0.2) is 11.5 Å². The number of halogens is 3. The van der Waals surface area contributed by atoms with E-state index in [9.17, 15) is 4.79 Å². The van der Waals surface area contributed by atoms with E-state index in [2.05, 4.69) is 4.51 Å². The average Bonchev–Trinajstić information content (AvgIpc) is 1.97. The van der Waals surface area contributed by atoms with Crippen LogP contribution < -0.4 is 0 Å². The van der Waals surface area contributed by atoms with Crippen molar-refractivity contribution in [1.82, 2.24) is 0 Å². The predicted octanol–water partition coefficient (Wildman–Crippen LogP) is 2.41. The van der Waals surface area contributed by atoms with Gasteiger partial charge in [-0.2, -0.15) is 4.51 Å². The van der Waals surface area contributed by atoms with Crippen molar-refractivity contribution >= 4 is 46.5 Å². The molecule has 2 nitrogen and oxygen atoms in total. The summed E-state index contributed by atoms with van der Waals surface area (Å²) in [5.41, 5.74) is 0.304. The number of ketones is 1. The van der Waals surface area contributed by atoms with Gasteiger partial charge >= 0.3 is 0 Å². The molecule has 0 fully saturated rings. The Balaban J connectivity index is 3.08. The predicted molar refractivity (Wildman–Crippen MR) is 46.2 cm³/mol. The summed E-state index contributed by atoms with van der Waals surface area (Å²) >= 11 is 16.2. The molecule has 11 heavy (non-hydrogen) atoms. The van der Waals surface area contributed by atoms with Gasteiger partial charge in [-0.1, -0.05) is 23.2 Å². The first-order valence-corrected chi connectivity index (χ1v) is 3.72. The number of hydrogen-bond acceptors (Lipinski definition) is 2. The van der Waals surface area contributed by atoms with Gasteiger partial charge in [0, 0.05) is 17.9 Å². The lowest BCUT2D eigenvalue weighted by molar-refractivity contribution is -0.110. The quantitative estimate of drug-likeness (QED) is 0.565. The molecule has 0 aromatic rings. The van der Waals surface area contributed by atoms with Gasteiger partial charge in [0.25, 0.3) is 0 Å². The molecule has 1 aliphatic carbocycles. The van der Waals surface area contributed by atoms with Crippen LogP contribution in [0.15, 0.2) is 26.7 Å². The molecule has 0 spiro atoms. The summed E-state index contributed by atoms with van der Waals surface area (Å²) in [5, 5.41) is 0.267. The lowest BCUT2D eigenvalue weighted by atomic mass is 10.1. The number of rotatable bonds is 0. The Labute approximate surface area is 78.3 Å². The minimum Gasteiger partial charge on any atom is -0.288 e. The highest BCUT2D eigenvalue weighted by Gasteiger charge is 2.15. The molecule has 5 heteroatoms. The number of carbonyl (C=O) groups excluding carboxylic acids is 1. The zero-order valence-electron chi connectivity index (χ0n) is 5.14. The second-order valence-corrected chi connectivity index (χ2v) is 2.80. The lowest BCUT2D eigenvalue weighted by Crippen LogP contribution is -2.06. The molecule has 0 aromatic carbocycles. The Kier molecular flexibility index (Phi) is 2.71. The van der Waals surface area contributed by atoms with Crippen LogP contribution in [0.4, 0.5) is 0 Å². The van der Waals surface area contributed by atoms with Crippen LogP contribution in [0, 0.1) is 0 Å². The van der Waals surface area contributed by atoms with Crippen molar-refractivity contribution in [3.8, 4) is 0 Å². The van der Waals surface area contributed by atoms with Gasteiger partial charge in [-0.25, -0.2) is 0 Å². The molecule has 1 aliphatic rings. The van der Waals surface area contributed by atoms with Crippen molar-refractivity contribution in [2.24, 2.45) is 4.51 Å². The van der Waals surface area contributed by atoms with Crippen molar-refractivity contribution < 1.29 is 4.79 Å². The summed E-state index contributed by atoms with van der Waals surface area (Å²) in [4.78, 5) is 10.8. The second-order valence-electron chi connectivity index (χ2n) is 1.82. The fraction of sp³-hybridized carbons (Fsp3) is 0. The highest BCUT2D eigenvalue weighted by molar-refractivity contribution is 6.55. The fourth-order valence-corrected chi connectivity index (χ4v) is 1.12. The van der Waals surface area contributed by atoms with E-state index in [4.69, 9.17) is 35.0 Å². The van der Waals surface area contributed by atoms with Crippen LogP contribution in [0.1, 0.15) is 0 Å². The molecule has 0 radical (unpaired) electrons. The molecule has 0 atom stereocenters. The first-order chi connectivity index (χ1) is 5.15. The Bertz CT molecular complexity index is 290. The van der Waals surface area contributed by atoms with E-state index in [1.54, 1.807) is 0 Å². The van der Waals surface area contributed by atoms with Gasteiger partial charge < -0.3 is 0 Å². The Morgan fingerprint density at radius 3 is 2.36 bits per heavy atom. The largest absolute Gasteiger partial charge is 0.288 e. The third kappa shape index (κ3) is 1.83. The maximum absolute atomic E-state index is 10.8. The van der Waals surface area contributed by atoms with Gasteiger partial charge in [0.05, 0.1) is 15.8 Å². The van der Waals surface area contributed by atoms with Gasteiger partial charge in [-0.05, 0) is 6.08 Å². The summed E-state index contributed by atoms with van der Waals surface area (Å²) in [6.45, 7) is 0. The lowest BCUT2D eigenvalue weighted by Gasteiger charge is -2.03. The molecule has 0 saturated heterocycles. The third-order valence-corrected chi connectivity index (χ3v) is 1.87. The van der Waals surface area contributed by atoms with Crippen molar-refractivity contribution in [3.05, 3.63) is 22.2 Å². The standard InChI is InChI=1S/C6H2Cl3NO/c7-3-2-6(11)4(8)1-5(3)10-9/h1-2H. The molecule has 1 rings (SSSR count). The minimum atomic E-state index is -0.333. The van der Waals surface area contributed by atoms with E-state index < -0.39 is 0 Å². The van der Waals surface area contributed by atoms with E-state index >= 15 is 0 Å². The first kappa shape index (κ1) is 8.78. The molecule has 0 unspecified atom stereocenters. The average molecular weight is 210 g/mol. The summed E-state index contributed by atoms with van der Waals surface area (Å²) in [5.74, 6) is -0.333. The highest BCUT2D eigenvalue weighted by Crippen LogP contribution is 2.18. The van der Waals surface area contributed by atoms with E-state index in [1.807, 2.05) is 0 Å². The first-order valence-electron chi connectivity index (χ1n) is 2.63. The molecule has 58 valence electrons. The maximum Gasteiger partial charge on any atom is 0.198 e. The van der Waals surface area contributed by atoms with Crippen molar-refractivity contribution in [1.29, 1.82) is 0 Å². The van der Waals surface area contributed by atoms with Crippen molar-refractivity contribution in [3.63, 3.8) is 0 Å². The van der Waals surface area contributed by atoms with Crippen LogP contribution in [0.25, 0.3) is 0 Å². The van der Waals surface area contributed by atoms with Crippen LogP contribution >= 0.6 is 35.0 Å². The molecule has 0 amide bonds. The summed E-state index contributed by atoms with van der Waals surface area (Å²) in [6, 6.07) is 0. The van der Waals surface area contributed by atoms with Crippen LogP contribution in [0.3, 0.4) is 0 Å². The van der Waals surface area contributed by atoms with Crippen LogP contribution in [0.2, 0.25) is 0 Å². The normalized spacial score (nSPS) is 21.7. The Morgan fingerprint density at radius 1 is 1.18 bits per heavy atom. The van der Waals surface area contributed by atoms with Crippen molar-refractivity contribution in [2.45, 2.75) is 0 Å². The maximum atomic E-state index is 10.8. The van der Waals surface area contributed by atoms with Gasteiger partial charge in [-0.15, -0.1) is 0 Å². The van der Waals surface area contributed by atoms with Crippen LogP contribution in [0.5, 0.6) is 0 Å². The summed E-state index contributed by atoms with van der Waals surface area (Å²) < 4.78 is 3.29. The van der Waals surface area contributed by atoms with Gasteiger partial charge in [0.2, 0.25) is 0 Å². The minimum absolute atomic E-state index is 0.0637. The molecule has 0 aromatic heterocycles. The smallest absolute Gasteiger partial charge is 0.198 e.